The molecule has 1 aromatic rings. The van der Waals surface area contributed by atoms with E-state index in [0.29, 0.717) is 32.7 Å². The fraction of sp³-hybridized carbons (Fsp3) is 0.684. The Bertz CT molecular complexity index is 739. The van der Waals surface area contributed by atoms with Crippen LogP contribution < -0.4 is 0 Å². The normalized spacial score (nSPS) is 21.3. The van der Waals surface area contributed by atoms with Gasteiger partial charge in [-0.15, -0.1) is 0 Å². The van der Waals surface area contributed by atoms with E-state index >= 15 is 0 Å². The zero-order valence-electron chi connectivity index (χ0n) is 16.2. The lowest BCUT2D eigenvalue weighted by molar-refractivity contribution is -0.137. The summed E-state index contributed by atoms with van der Waals surface area (Å²) in [6.45, 7) is 2.46. The Balaban J connectivity index is 1.53. The molecule has 1 aliphatic carbocycles. The molecule has 28 heavy (non-hydrogen) atoms. The number of halogens is 3. The van der Waals surface area contributed by atoms with Gasteiger partial charge in [-0.25, -0.2) is 0 Å². The van der Waals surface area contributed by atoms with Gasteiger partial charge in [0.15, 0.2) is 0 Å². The summed E-state index contributed by atoms with van der Waals surface area (Å²) in [6.07, 6.45) is 0.833. The lowest BCUT2D eigenvalue weighted by Gasteiger charge is -2.38. The first-order valence-corrected chi connectivity index (χ1v) is 11.2. The lowest BCUT2D eigenvalue weighted by Crippen LogP contribution is -2.54. The van der Waals surface area contributed by atoms with E-state index < -0.39 is 21.9 Å². The molecule has 1 saturated heterocycles. The van der Waals surface area contributed by atoms with Gasteiger partial charge in [0, 0.05) is 45.8 Å². The molecule has 1 aliphatic heterocycles. The van der Waals surface area contributed by atoms with E-state index in [2.05, 4.69) is 4.90 Å². The summed E-state index contributed by atoms with van der Waals surface area (Å²) in [5.74, 6) is 0. The van der Waals surface area contributed by atoms with Gasteiger partial charge in [0.25, 0.3) is 10.2 Å². The number of hydrogen-bond acceptors (Lipinski definition) is 3. The maximum Gasteiger partial charge on any atom is 0.416 e. The Kier molecular flexibility index (Phi) is 6.69. The number of benzene rings is 1. The van der Waals surface area contributed by atoms with Crippen molar-refractivity contribution in [1.29, 1.82) is 0 Å². The van der Waals surface area contributed by atoms with Crippen LogP contribution in [0, 0.1) is 0 Å². The van der Waals surface area contributed by atoms with E-state index in [1.807, 2.05) is 0 Å². The minimum atomic E-state index is -4.33. The lowest BCUT2D eigenvalue weighted by atomic mass is 9.96. The van der Waals surface area contributed by atoms with E-state index in [1.54, 1.807) is 7.05 Å². The van der Waals surface area contributed by atoms with Crippen molar-refractivity contribution in [3.8, 4) is 0 Å². The first-order valence-electron chi connectivity index (χ1n) is 9.79. The van der Waals surface area contributed by atoms with Crippen molar-refractivity contribution in [3.05, 3.63) is 35.4 Å². The van der Waals surface area contributed by atoms with Gasteiger partial charge in [-0.1, -0.05) is 31.4 Å². The molecule has 1 heterocycles. The molecule has 158 valence electrons. The largest absolute Gasteiger partial charge is 0.416 e. The van der Waals surface area contributed by atoms with Gasteiger partial charge < -0.3 is 0 Å². The van der Waals surface area contributed by atoms with Gasteiger partial charge in [-0.2, -0.15) is 30.2 Å². The first-order chi connectivity index (χ1) is 13.2. The third-order valence-electron chi connectivity index (χ3n) is 5.80. The van der Waals surface area contributed by atoms with Crippen LogP contribution in [0.4, 0.5) is 13.2 Å². The zero-order valence-corrected chi connectivity index (χ0v) is 17.0. The standard InChI is InChI=1S/C19H28F3N3O2S/c1-23(18-5-3-2-4-6-18)28(26,27)25-13-11-24(12-14-25)15-16-7-9-17(10-8-16)19(20,21)22/h7-10,18H,2-6,11-15H2,1H3. The second-order valence-corrected chi connectivity index (χ2v) is 9.67. The molecule has 0 amide bonds. The van der Waals surface area contributed by atoms with E-state index in [9.17, 15) is 21.6 Å². The minimum Gasteiger partial charge on any atom is -0.296 e. The molecule has 0 atom stereocenters. The highest BCUT2D eigenvalue weighted by molar-refractivity contribution is 7.86. The maximum absolute atomic E-state index is 12.9. The molecule has 1 saturated carbocycles. The topological polar surface area (TPSA) is 43.9 Å². The number of hydrogen-bond donors (Lipinski definition) is 0. The van der Waals surface area contributed by atoms with Crippen LogP contribution in [-0.4, -0.2) is 61.2 Å². The molecule has 0 N–H and O–H groups in total. The van der Waals surface area contributed by atoms with Crippen molar-refractivity contribution in [2.75, 3.05) is 33.2 Å². The molecular formula is C19H28F3N3O2S. The highest BCUT2D eigenvalue weighted by atomic mass is 32.2. The second kappa shape index (κ2) is 8.69. The van der Waals surface area contributed by atoms with Crippen LogP contribution in [0.2, 0.25) is 0 Å². The average Bonchev–Trinajstić information content (AvgIpc) is 2.68. The van der Waals surface area contributed by atoms with Crippen LogP contribution in [0.5, 0.6) is 0 Å². The van der Waals surface area contributed by atoms with Crippen LogP contribution in [0.15, 0.2) is 24.3 Å². The summed E-state index contributed by atoms with van der Waals surface area (Å²) in [5.41, 5.74) is 0.140. The third kappa shape index (κ3) is 5.06. The van der Waals surface area contributed by atoms with Crippen LogP contribution in [0.1, 0.15) is 43.2 Å². The highest BCUT2D eigenvalue weighted by Crippen LogP contribution is 2.29. The molecule has 0 unspecified atom stereocenters. The molecule has 1 aromatic carbocycles. The predicted octanol–water partition coefficient (Wildman–Crippen LogP) is 3.33. The average molecular weight is 420 g/mol. The second-order valence-electron chi connectivity index (χ2n) is 7.69. The van der Waals surface area contributed by atoms with Gasteiger partial charge in [0.05, 0.1) is 5.56 Å². The Hall–Kier alpha value is -1.16. The predicted molar refractivity (Wildman–Crippen MR) is 102 cm³/mol. The molecule has 9 heteroatoms. The van der Waals surface area contributed by atoms with Crippen LogP contribution >= 0.6 is 0 Å². The highest BCUT2D eigenvalue weighted by Gasteiger charge is 2.34. The van der Waals surface area contributed by atoms with Gasteiger partial charge in [0.1, 0.15) is 0 Å². The van der Waals surface area contributed by atoms with E-state index in [0.717, 1.165) is 43.4 Å². The molecule has 3 rings (SSSR count). The quantitative estimate of drug-likeness (QED) is 0.735. The molecule has 2 aliphatic rings. The fourth-order valence-electron chi connectivity index (χ4n) is 3.99. The van der Waals surface area contributed by atoms with E-state index in [1.165, 1.54) is 27.2 Å². The van der Waals surface area contributed by atoms with E-state index in [4.69, 9.17) is 0 Å². The smallest absolute Gasteiger partial charge is 0.296 e. The van der Waals surface area contributed by atoms with Crippen molar-refractivity contribution in [2.24, 2.45) is 0 Å². The maximum atomic E-state index is 12.9. The molecule has 0 aromatic heterocycles. The Morgan fingerprint density at radius 1 is 1.00 bits per heavy atom. The number of piperazine rings is 1. The third-order valence-corrected chi connectivity index (χ3v) is 7.84. The summed E-state index contributed by atoms with van der Waals surface area (Å²) < 4.78 is 66.9. The van der Waals surface area contributed by atoms with Crippen molar-refractivity contribution in [2.45, 2.75) is 50.9 Å². The fourth-order valence-corrected chi connectivity index (χ4v) is 5.57. The zero-order chi connectivity index (χ0) is 20.4. The van der Waals surface area contributed by atoms with Gasteiger partial charge in [-0.05, 0) is 30.5 Å². The summed E-state index contributed by atoms with van der Waals surface area (Å²) >= 11 is 0. The molecule has 0 radical (unpaired) electrons. The van der Waals surface area contributed by atoms with E-state index in [-0.39, 0.29) is 6.04 Å². The Morgan fingerprint density at radius 3 is 2.11 bits per heavy atom. The summed E-state index contributed by atoms with van der Waals surface area (Å²) in [4.78, 5) is 2.08. The van der Waals surface area contributed by atoms with Crippen molar-refractivity contribution in [3.63, 3.8) is 0 Å². The molecule has 0 spiro atoms. The van der Waals surface area contributed by atoms with Crippen LogP contribution in [-0.2, 0) is 22.9 Å². The van der Waals surface area contributed by atoms with Crippen molar-refractivity contribution in [1.82, 2.24) is 13.5 Å². The molecule has 5 nitrogen and oxygen atoms in total. The summed E-state index contributed by atoms with van der Waals surface area (Å²) in [7, 11) is -1.78. The monoisotopic (exact) mass is 419 g/mol. The molecule has 2 fully saturated rings. The van der Waals surface area contributed by atoms with Crippen molar-refractivity contribution < 1.29 is 21.6 Å². The van der Waals surface area contributed by atoms with Gasteiger partial charge in [-0.3, -0.25) is 4.90 Å². The summed E-state index contributed by atoms with van der Waals surface area (Å²) in [6, 6.07) is 5.25. The summed E-state index contributed by atoms with van der Waals surface area (Å²) in [5, 5.41) is 0. The van der Waals surface area contributed by atoms with Gasteiger partial charge in [0.2, 0.25) is 0 Å². The Labute approximate surface area is 165 Å². The molecule has 0 bridgehead atoms. The molecular weight excluding hydrogens is 391 g/mol. The van der Waals surface area contributed by atoms with Crippen LogP contribution in [0.25, 0.3) is 0 Å². The number of rotatable bonds is 5. The van der Waals surface area contributed by atoms with Crippen LogP contribution in [0.3, 0.4) is 0 Å². The first kappa shape index (κ1) is 21.5. The van der Waals surface area contributed by atoms with Gasteiger partial charge >= 0.3 is 6.18 Å². The number of alkyl halides is 3. The SMILES string of the molecule is CN(C1CCCCC1)S(=O)(=O)N1CCN(Cc2ccc(C(F)(F)F)cc2)CC1. The number of nitrogens with zero attached hydrogens (tertiary/aromatic N) is 3. The Morgan fingerprint density at radius 2 is 1.57 bits per heavy atom. The minimum absolute atomic E-state index is 0.0870. The van der Waals surface area contributed by atoms with Crippen molar-refractivity contribution >= 4 is 10.2 Å².